The van der Waals surface area contributed by atoms with Gasteiger partial charge in [0.2, 0.25) is 0 Å². The zero-order chi connectivity index (χ0) is 42.8. The van der Waals surface area contributed by atoms with Crippen LogP contribution in [0.2, 0.25) is 16.6 Å². The molecule has 0 fully saturated rings. The Morgan fingerprint density at radius 1 is 0.390 bits per heavy atom. The highest BCUT2D eigenvalue weighted by Gasteiger charge is 2.41. The molecule has 0 bridgehead atoms. The van der Waals surface area contributed by atoms with E-state index < -0.39 is 8.07 Å². The number of rotatable bonds is 34. The van der Waals surface area contributed by atoms with Gasteiger partial charge in [-0.3, -0.25) is 0 Å². The van der Waals surface area contributed by atoms with Crippen molar-refractivity contribution in [1.29, 1.82) is 0 Å². The second-order valence-electron chi connectivity index (χ2n) is 19.2. The fourth-order valence-electron chi connectivity index (χ4n) is 9.55. The molecule has 59 heavy (non-hydrogen) atoms. The van der Waals surface area contributed by atoms with Crippen LogP contribution in [0.1, 0.15) is 252 Å². The van der Waals surface area contributed by atoms with Crippen LogP contribution in [0.5, 0.6) is 0 Å². The quantitative estimate of drug-likeness (QED) is 0.0386. The summed E-state index contributed by atoms with van der Waals surface area (Å²) in [6.07, 6.45) is 39.6. The number of anilines is 1. The van der Waals surface area contributed by atoms with Crippen LogP contribution in [0.4, 0.5) is 5.69 Å². The topological polar surface area (TPSA) is 3.24 Å². The third-order valence-electron chi connectivity index (χ3n) is 13.3. The van der Waals surface area contributed by atoms with E-state index in [0.717, 1.165) is 16.7 Å². The Morgan fingerprint density at radius 3 is 1.07 bits per heavy atom. The first-order valence-electron chi connectivity index (χ1n) is 25.7. The van der Waals surface area contributed by atoms with Gasteiger partial charge < -0.3 is 4.90 Å². The molecule has 0 saturated carbocycles. The summed E-state index contributed by atoms with van der Waals surface area (Å²) >= 11 is 0. The summed E-state index contributed by atoms with van der Waals surface area (Å²) in [5, 5.41) is 0. The van der Waals surface area contributed by atoms with Crippen molar-refractivity contribution in [1.82, 2.24) is 0 Å². The van der Waals surface area contributed by atoms with Crippen LogP contribution in [0.3, 0.4) is 0 Å². The van der Waals surface area contributed by atoms with Crippen molar-refractivity contribution in [3.8, 4) is 23.3 Å². The highest BCUT2D eigenvalue weighted by atomic mass is 28.3. The molecule has 0 unspecified atom stereocenters. The third-order valence-corrected chi connectivity index (χ3v) is 19.6. The number of unbranched alkanes of at least 4 members (excludes halogenated alkanes) is 26. The fraction of sp³-hybridized carbons (Fsp3) is 0.719. The van der Waals surface area contributed by atoms with Crippen LogP contribution in [0, 0.1) is 23.3 Å². The van der Waals surface area contributed by atoms with Gasteiger partial charge in [0.25, 0.3) is 0 Å². The average Bonchev–Trinajstić information content (AvgIpc) is 3.22. The molecule has 0 aliphatic carbocycles. The molecule has 0 aliphatic heterocycles. The molecule has 0 saturated heterocycles. The molecule has 0 heterocycles. The van der Waals surface area contributed by atoms with Crippen LogP contribution < -0.4 is 4.90 Å². The second kappa shape index (κ2) is 34.2. The van der Waals surface area contributed by atoms with E-state index >= 15 is 0 Å². The van der Waals surface area contributed by atoms with E-state index in [1.165, 1.54) is 199 Å². The van der Waals surface area contributed by atoms with Crippen LogP contribution in [0.15, 0.2) is 48.5 Å². The standard InChI is InChI=1S/C57H95NSi/c1-9-11-13-15-17-19-21-23-25-27-29-31-33-35-47-58(48-36-34-32-30-28-26-24-22-20-18-16-14-12-10-2)57-44-42-54(43-45-57)40-41-55-38-37-39-56(50-55)46-49-59(51(3)4,52(5)6)53(7)8/h37-39,42-45,50-53H,9-36,47-48H2,1-8H3. The SMILES string of the molecule is CCCCCCCCCCCCCCCCN(CCCCCCCCCCCCCCCC)c1ccc(C#Cc2cccc(C#C[Si](C(C)C)(C(C)C)C(C)C)c2)cc1. The molecular weight excluding hydrogens is 727 g/mol. The van der Waals surface area contributed by atoms with E-state index in [1.54, 1.807) is 0 Å². The number of nitrogens with zero attached hydrogens (tertiary/aromatic N) is 1. The van der Waals surface area contributed by atoms with Crippen molar-refractivity contribution in [2.75, 3.05) is 18.0 Å². The van der Waals surface area contributed by atoms with Gasteiger partial charge in [0.05, 0.1) is 0 Å². The molecule has 0 N–H and O–H groups in total. The molecule has 0 aliphatic rings. The molecule has 0 spiro atoms. The van der Waals surface area contributed by atoms with Gasteiger partial charge in [-0.25, -0.2) is 0 Å². The molecule has 0 atom stereocenters. The minimum Gasteiger partial charge on any atom is -0.372 e. The van der Waals surface area contributed by atoms with Crippen LogP contribution >= 0.6 is 0 Å². The summed E-state index contributed by atoms with van der Waals surface area (Å²) in [5.74, 6) is 10.5. The number of hydrogen-bond acceptors (Lipinski definition) is 1. The van der Waals surface area contributed by atoms with Crippen molar-refractivity contribution in [2.24, 2.45) is 0 Å². The zero-order valence-corrected chi connectivity index (χ0v) is 41.5. The van der Waals surface area contributed by atoms with Crippen molar-refractivity contribution < 1.29 is 0 Å². The van der Waals surface area contributed by atoms with Gasteiger partial charge in [0, 0.05) is 35.5 Å². The van der Waals surface area contributed by atoms with E-state index in [9.17, 15) is 0 Å². The number of benzene rings is 2. The van der Waals surface area contributed by atoms with Gasteiger partial charge in [0.1, 0.15) is 8.07 Å². The average molecular weight is 822 g/mol. The van der Waals surface area contributed by atoms with Gasteiger partial charge in [-0.1, -0.05) is 246 Å². The van der Waals surface area contributed by atoms with Gasteiger partial charge >= 0.3 is 0 Å². The zero-order valence-electron chi connectivity index (χ0n) is 40.5. The molecule has 2 aromatic carbocycles. The Labute approximate surface area is 370 Å². The Morgan fingerprint density at radius 2 is 0.712 bits per heavy atom. The fourth-order valence-corrected chi connectivity index (χ4v) is 14.8. The minimum absolute atomic E-state index is 0.635. The van der Waals surface area contributed by atoms with Crippen LogP contribution in [-0.2, 0) is 0 Å². The van der Waals surface area contributed by atoms with E-state index in [-0.39, 0.29) is 0 Å². The summed E-state index contributed by atoms with van der Waals surface area (Å²) in [5.41, 5.74) is 10.4. The van der Waals surface area contributed by atoms with Gasteiger partial charge in [-0.2, -0.15) is 0 Å². The molecule has 2 aromatic rings. The van der Waals surface area contributed by atoms with E-state index in [2.05, 4.69) is 132 Å². The predicted molar refractivity (Wildman–Crippen MR) is 270 cm³/mol. The second-order valence-corrected chi connectivity index (χ2v) is 24.8. The molecule has 0 amide bonds. The smallest absolute Gasteiger partial charge is 0.146 e. The Bertz CT molecular complexity index is 1360. The molecule has 2 rings (SSSR count). The van der Waals surface area contributed by atoms with Gasteiger partial charge in [-0.05, 0) is 71.9 Å². The summed E-state index contributed by atoms with van der Waals surface area (Å²) in [6, 6.07) is 17.7. The summed E-state index contributed by atoms with van der Waals surface area (Å²) in [4.78, 5) is 2.68. The predicted octanol–water partition coefficient (Wildman–Crippen LogP) is 18.4. The van der Waals surface area contributed by atoms with E-state index in [1.807, 2.05) is 0 Å². The Hall–Kier alpha value is -2.42. The maximum absolute atomic E-state index is 3.88. The third kappa shape index (κ3) is 23.4. The monoisotopic (exact) mass is 822 g/mol. The highest BCUT2D eigenvalue weighted by Crippen LogP contribution is 2.40. The van der Waals surface area contributed by atoms with Crippen LogP contribution in [-0.4, -0.2) is 21.2 Å². The lowest BCUT2D eigenvalue weighted by Crippen LogP contribution is -2.43. The maximum Gasteiger partial charge on any atom is 0.146 e. The summed E-state index contributed by atoms with van der Waals surface area (Å²) in [6.45, 7) is 21.3. The molecule has 1 nitrogen and oxygen atoms in total. The lowest BCUT2D eigenvalue weighted by molar-refractivity contribution is 0.529. The lowest BCUT2D eigenvalue weighted by atomic mass is 10.0. The normalized spacial score (nSPS) is 11.6. The minimum atomic E-state index is -1.77. The lowest BCUT2D eigenvalue weighted by Gasteiger charge is -2.38. The first kappa shape index (κ1) is 52.7. The first-order chi connectivity index (χ1) is 28.7. The molecule has 0 aromatic heterocycles. The molecular formula is C57H95NSi. The van der Waals surface area contributed by atoms with E-state index in [0.29, 0.717) is 16.6 Å². The maximum atomic E-state index is 3.88. The molecule has 2 heteroatoms. The largest absolute Gasteiger partial charge is 0.372 e. The van der Waals surface area contributed by atoms with Crippen molar-refractivity contribution in [3.63, 3.8) is 0 Å². The Kier molecular flexibility index (Phi) is 30.6. The summed E-state index contributed by atoms with van der Waals surface area (Å²) < 4.78 is 0. The Balaban J connectivity index is 1.90. The highest BCUT2D eigenvalue weighted by molar-refractivity contribution is 6.90. The van der Waals surface area contributed by atoms with Crippen molar-refractivity contribution >= 4 is 13.8 Å². The van der Waals surface area contributed by atoms with Gasteiger partial charge in [-0.15, -0.1) is 5.54 Å². The number of hydrogen-bond donors (Lipinski definition) is 0. The van der Waals surface area contributed by atoms with Crippen LogP contribution in [0.25, 0.3) is 0 Å². The molecule has 332 valence electrons. The first-order valence-corrected chi connectivity index (χ1v) is 28.0. The van der Waals surface area contributed by atoms with Crippen molar-refractivity contribution in [2.45, 2.75) is 252 Å². The van der Waals surface area contributed by atoms with Crippen molar-refractivity contribution in [3.05, 3.63) is 65.2 Å². The van der Waals surface area contributed by atoms with Gasteiger partial charge in [0.15, 0.2) is 0 Å². The van der Waals surface area contributed by atoms with E-state index in [4.69, 9.17) is 0 Å². The molecule has 0 radical (unpaired) electrons. The summed E-state index contributed by atoms with van der Waals surface area (Å²) in [7, 11) is -1.77.